The van der Waals surface area contributed by atoms with Crippen molar-refractivity contribution in [3.8, 4) is 0 Å². The third kappa shape index (κ3) is 4.12. The average Bonchev–Trinajstić information content (AvgIpc) is 3.02. The average molecular weight is 376 g/mol. The first-order valence-corrected chi connectivity index (χ1v) is 10.2. The van der Waals surface area contributed by atoms with Gasteiger partial charge in [0.15, 0.2) is 5.16 Å². The second-order valence-electron chi connectivity index (χ2n) is 6.85. The third-order valence-corrected chi connectivity index (χ3v) is 6.04. The molecule has 1 heterocycles. The maximum atomic E-state index is 4.89. The van der Waals surface area contributed by atoms with Crippen LogP contribution in [0.2, 0.25) is 0 Å². The summed E-state index contributed by atoms with van der Waals surface area (Å²) in [7, 11) is 0. The predicted octanol–water partition coefficient (Wildman–Crippen LogP) is 4.86. The Hall–Kier alpha value is -1.26. The number of anilines is 1. The van der Waals surface area contributed by atoms with Crippen LogP contribution in [0.15, 0.2) is 29.4 Å². The van der Waals surface area contributed by atoms with Crippen molar-refractivity contribution in [2.45, 2.75) is 63.1 Å². The molecule has 0 bridgehead atoms. The number of nitrogens with one attached hydrogen (secondary N) is 1. The smallest absolute Gasteiger partial charge is 0.189 e. The van der Waals surface area contributed by atoms with Gasteiger partial charge < -0.3 is 5.32 Å². The predicted molar refractivity (Wildman–Crippen MR) is 108 cm³/mol. The van der Waals surface area contributed by atoms with Crippen LogP contribution >= 0.6 is 24.2 Å². The van der Waals surface area contributed by atoms with Crippen LogP contribution in [-0.4, -0.2) is 21.8 Å². The van der Waals surface area contributed by atoms with Gasteiger partial charge in [0.25, 0.3) is 0 Å². The zero-order valence-corrected chi connectivity index (χ0v) is 16.4. The van der Waals surface area contributed by atoms with Crippen LogP contribution < -0.4 is 5.32 Å². The fourth-order valence-corrected chi connectivity index (χ4v) is 4.52. The van der Waals surface area contributed by atoms with E-state index in [4.69, 9.17) is 9.97 Å². The Morgan fingerprint density at radius 2 is 1.80 bits per heavy atom. The van der Waals surface area contributed by atoms with Gasteiger partial charge in [-0.2, -0.15) is 0 Å². The SMILES string of the molecule is CCCSc1nc2c(c(NC3Cc4ccccc4C3)n1)CCCC2.Cl. The minimum Gasteiger partial charge on any atom is -0.366 e. The van der Waals surface area contributed by atoms with Gasteiger partial charge in [-0.25, -0.2) is 9.97 Å². The molecule has 4 rings (SSSR count). The van der Waals surface area contributed by atoms with Crippen molar-refractivity contribution in [1.82, 2.24) is 9.97 Å². The van der Waals surface area contributed by atoms with Gasteiger partial charge in [0, 0.05) is 17.4 Å². The van der Waals surface area contributed by atoms with Crippen molar-refractivity contribution in [2.24, 2.45) is 0 Å². The molecule has 3 nitrogen and oxygen atoms in total. The molecule has 2 aliphatic carbocycles. The minimum absolute atomic E-state index is 0. The number of fused-ring (bicyclic) bond motifs is 2. The summed E-state index contributed by atoms with van der Waals surface area (Å²) in [6.07, 6.45) is 8.12. The quantitative estimate of drug-likeness (QED) is 0.598. The van der Waals surface area contributed by atoms with E-state index in [-0.39, 0.29) is 12.4 Å². The second-order valence-corrected chi connectivity index (χ2v) is 7.92. The maximum Gasteiger partial charge on any atom is 0.189 e. The summed E-state index contributed by atoms with van der Waals surface area (Å²) in [6.45, 7) is 2.21. The molecule has 0 saturated carbocycles. The zero-order chi connectivity index (χ0) is 16.4. The zero-order valence-electron chi connectivity index (χ0n) is 14.8. The Kier molecular flexibility index (Phi) is 6.24. The molecular formula is C20H26ClN3S. The Balaban J connectivity index is 0.00000182. The molecule has 2 aliphatic rings. The molecule has 0 unspecified atom stereocenters. The lowest BCUT2D eigenvalue weighted by atomic mass is 9.96. The molecule has 0 atom stereocenters. The number of aryl methyl sites for hydroxylation is 1. The summed E-state index contributed by atoms with van der Waals surface area (Å²) in [5.41, 5.74) is 5.63. The number of hydrogen-bond acceptors (Lipinski definition) is 4. The standard InChI is InChI=1S/C20H25N3S.ClH/c1-2-11-24-20-22-18-10-6-5-9-17(18)19(23-20)21-16-12-14-7-3-4-8-15(14)13-16;/h3-4,7-8,16H,2,5-6,9-13H2,1H3,(H,21,22,23);1H. The monoisotopic (exact) mass is 375 g/mol. The molecule has 0 fully saturated rings. The summed E-state index contributed by atoms with van der Waals surface area (Å²) < 4.78 is 0. The number of thioether (sulfide) groups is 1. The Morgan fingerprint density at radius 3 is 2.52 bits per heavy atom. The van der Waals surface area contributed by atoms with Crippen LogP contribution in [0.3, 0.4) is 0 Å². The fourth-order valence-electron chi connectivity index (χ4n) is 3.80. The van der Waals surface area contributed by atoms with Gasteiger partial charge in [0.05, 0.1) is 5.69 Å². The molecule has 0 amide bonds. The lowest BCUT2D eigenvalue weighted by Crippen LogP contribution is -2.23. The Morgan fingerprint density at radius 1 is 1.08 bits per heavy atom. The van der Waals surface area contributed by atoms with E-state index >= 15 is 0 Å². The van der Waals surface area contributed by atoms with Gasteiger partial charge in [-0.3, -0.25) is 0 Å². The second kappa shape index (κ2) is 8.41. The van der Waals surface area contributed by atoms with E-state index in [0.717, 1.165) is 48.8 Å². The Labute approximate surface area is 160 Å². The normalized spacial score (nSPS) is 16.0. The summed E-state index contributed by atoms with van der Waals surface area (Å²) in [5, 5.41) is 4.72. The van der Waals surface area contributed by atoms with E-state index in [9.17, 15) is 0 Å². The highest BCUT2D eigenvalue weighted by Gasteiger charge is 2.24. The van der Waals surface area contributed by atoms with Crippen molar-refractivity contribution < 1.29 is 0 Å². The Bertz CT molecular complexity index is 710. The largest absolute Gasteiger partial charge is 0.366 e. The lowest BCUT2D eigenvalue weighted by molar-refractivity contribution is 0.646. The molecule has 0 aliphatic heterocycles. The summed E-state index contributed by atoms with van der Waals surface area (Å²) in [6, 6.07) is 9.28. The highest BCUT2D eigenvalue weighted by Crippen LogP contribution is 2.31. The van der Waals surface area contributed by atoms with E-state index in [1.54, 1.807) is 11.8 Å². The highest BCUT2D eigenvalue weighted by atomic mass is 35.5. The molecule has 2 aromatic rings. The van der Waals surface area contributed by atoms with Crippen molar-refractivity contribution >= 4 is 30.0 Å². The summed E-state index contributed by atoms with van der Waals surface area (Å²) >= 11 is 1.79. The van der Waals surface area contributed by atoms with Gasteiger partial charge >= 0.3 is 0 Å². The molecule has 0 radical (unpaired) electrons. The van der Waals surface area contributed by atoms with Crippen LogP contribution in [-0.2, 0) is 25.7 Å². The van der Waals surface area contributed by atoms with Crippen LogP contribution in [0, 0.1) is 0 Å². The molecule has 0 saturated heterocycles. The van der Waals surface area contributed by atoms with Gasteiger partial charge in [-0.05, 0) is 56.1 Å². The van der Waals surface area contributed by atoms with Gasteiger partial charge in [0.1, 0.15) is 5.82 Å². The number of benzene rings is 1. The number of nitrogens with zero attached hydrogens (tertiary/aromatic N) is 2. The molecule has 134 valence electrons. The molecule has 1 aromatic carbocycles. The molecule has 0 spiro atoms. The van der Waals surface area contributed by atoms with Gasteiger partial charge in [0.2, 0.25) is 0 Å². The van der Waals surface area contributed by atoms with E-state index in [1.165, 1.54) is 35.2 Å². The van der Waals surface area contributed by atoms with Crippen molar-refractivity contribution in [3.05, 3.63) is 46.6 Å². The highest BCUT2D eigenvalue weighted by molar-refractivity contribution is 7.99. The topological polar surface area (TPSA) is 37.8 Å². The molecule has 25 heavy (non-hydrogen) atoms. The van der Waals surface area contributed by atoms with Crippen LogP contribution in [0.25, 0.3) is 0 Å². The first-order valence-electron chi connectivity index (χ1n) is 9.19. The first-order chi connectivity index (χ1) is 11.8. The maximum absolute atomic E-state index is 4.89. The lowest BCUT2D eigenvalue weighted by Gasteiger charge is -2.22. The number of rotatable bonds is 5. The van der Waals surface area contributed by atoms with E-state index in [1.807, 2.05) is 0 Å². The molecule has 1 aromatic heterocycles. The number of aromatic nitrogens is 2. The van der Waals surface area contributed by atoms with Gasteiger partial charge in [-0.1, -0.05) is 43.0 Å². The van der Waals surface area contributed by atoms with Gasteiger partial charge in [-0.15, -0.1) is 12.4 Å². The van der Waals surface area contributed by atoms with Crippen LogP contribution in [0.1, 0.15) is 48.6 Å². The van der Waals surface area contributed by atoms with Crippen molar-refractivity contribution in [1.29, 1.82) is 0 Å². The molecule has 1 N–H and O–H groups in total. The van der Waals surface area contributed by atoms with Crippen LogP contribution in [0.5, 0.6) is 0 Å². The minimum atomic E-state index is 0. The van der Waals surface area contributed by atoms with Crippen molar-refractivity contribution in [3.63, 3.8) is 0 Å². The van der Waals surface area contributed by atoms with Crippen LogP contribution in [0.4, 0.5) is 5.82 Å². The number of halogens is 1. The summed E-state index contributed by atoms with van der Waals surface area (Å²) in [4.78, 5) is 9.73. The third-order valence-electron chi connectivity index (χ3n) is 4.99. The number of hydrogen-bond donors (Lipinski definition) is 1. The van der Waals surface area contributed by atoms with E-state index in [0.29, 0.717) is 6.04 Å². The van der Waals surface area contributed by atoms with E-state index in [2.05, 4.69) is 36.5 Å². The summed E-state index contributed by atoms with van der Waals surface area (Å²) in [5.74, 6) is 2.20. The molecular weight excluding hydrogens is 350 g/mol. The van der Waals surface area contributed by atoms with Crippen molar-refractivity contribution in [2.75, 3.05) is 11.1 Å². The molecule has 5 heteroatoms. The first kappa shape index (κ1) is 18.5. The van der Waals surface area contributed by atoms with E-state index < -0.39 is 0 Å². The fraction of sp³-hybridized carbons (Fsp3) is 0.500.